The Labute approximate surface area is 206 Å². The number of amides is 2. The summed E-state index contributed by atoms with van der Waals surface area (Å²) in [5.41, 5.74) is 5.22. The monoisotopic (exact) mass is 491 g/mol. The van der Waals surface area contributed by atoms with Gasteiger partial charge in [-0.15, -0.1) is 11.3 Å². The van der Waals surface area contributed by atoms with Gasteiger partial charge in [0.25, 0.3) is 0 Å². The fourth-order valence-electron chi connectivity index (χ4n) is 4.89. The lowest BCUT2D eigenvalue weighted by atomic mass is 9.98. The molecule has 1 aliphatic heterocycles. The molecule has 0 saturated carbocycles. The number of carboxylic acid groups (broad SMARTS) is 1. The van der Waals surface area contributed by atoms with E-state index in [1.807, 2.05) is 24.3 Å². The molecule has 1 aromatic heterocycles. The average Bonchev–Trinajstić information content (AvgIpc) is 3.59. The van der Waals surface area contributed by atoms with Gasteiger partial charge in [0.15, 0.2) is 0 Å². The van der Waals surface area contributed by atoms with Crippen molar-refractivity contribution in [3.8, 4) is 11.1 Å². The Hall–Kier alpha value is -3.72. The van der Waals surface area contributed by atoms with E-state index in [0.717, 1.165) is 11.1 Å². The number of rotatable bonds is 7. The number of carbonyl (C=O) groups is 3. The molecule has 3 aromatic rings. The van der Waals surface area contributed by atoms with Crippen molar-refractivity contribution in [3.05, 3.63) is 75.7 Å². The van der Waals surface area contributed by atoms with Crippen LogP contribution in [0.2, 0.25) is 0 Å². The van der Waals surface area contributed by atoms with Crippen LogP contribution in [-0.2, 0) is 27.3 Å². The first-order chi connectivity index (χ1) is 17.0. The number of ether oxygens (including phenoxy) is 1. The second kappa shape index (κ2) is 9.87. The number of fused-ring (bicyclic) bond motifs is 3. The third-order valence-electron chi connectivity index (χ3n) is 6.52. The zero-order valence-corrected chi connectivity index (χ0v) is 19.8. The fraction of sp³-hybridized carbons (Fsp3) is 0.308. The Kier molecular flexibility index (Phi) is 6.50. The molecule has 2 heterocycles. The summed E-state index contributed by atoms with van der Waals surface area (Å²) in [6.07, 6.45) is 0.689. The van der Waals surface area contributed by atoms with Crippen LogP contribution < -0.4 is 5.32 Å². The number of nitrogens with zero attached hydrogens (tertiary/aromatic N) is 2. The fourth-order valence-corrected chi connectivity index (χ4v) is 5.62. The van der Waals surface area contributed by atoms with Crippen LogP contribution in [0.15, 0.2) is 53.9 Å². The molecule has 9 heteroatoms. The average molecular weight is 492 g/mol. The number of carboxylic acids is 1. The van der Waals surface area contributed by atoms with E-state index in [1.165, 1.54) is 27.4 Å². The Bertz CT molecular complexity index is 1230. The van der Waals surface area contributed by atoms with Gasteiger partial charge in [-0.25, -0.2) is 14.6 Å². The first-order valence-corrected chi connectivity index (χ1v) is 12.4. The molecule has 2 aromatic carbocycles. The maximum absolute atomic E-state index is 12.5. The van der Waals surface area contributed by atoms with Crippen LogP contribution in [0.4, 0.5) is 4.79 Å². The largest absolute Gasteiger partial charge is 0.480 e. The van der Waals surface area contributed by atoms with Gasteiger partial charge in [0, 0.05) is 17.8 Å². The van der Waals surface area contributed by atoms with Crippen LogP contribution in [0.25, 0.3) is 11.1 Å². The molecule has 2 amide bonds. The van der Waals surface area contributed by atoms with E-state index in [9.17, 15) is 19.5 Å². The minimum Gasteiger partial charge on any atom is -0.480 e. The van der Waals surface area contributed by atoms with E-state index < -0.39 is 18.1 Å². The van der Waals surface area contributed by atoms with Crippen LogP contribution in [0.3, 0.4) is 0 Å². The minimum atomic E-state index is -0.970. The molecule has 35 heavy (non-hydrogen) atoms. The zero-order chi connectivity index (χ0) is 24.4. The SMILES string of the molecule is O=C(NCc1nc(CC(=O)N2CCCC2C(=O)O)cs1)OCC1c2ccccc2-c2ccccc21. The number of likely N-dealkylation sites (tertiary alicyclic amines) is 1. The molecule has 1 unspecified atom stereocenters. The summed E-state index contributed by atoms with van der Waals surface area (Å²) in [6, 6.07) is 15.6. The van der Waals surface area contributed by atoms with Gasteiger partial charge >= 0.3 is 12.1 Å². The molecule has 1 atom stereocenters. The van der Waals surface area contributed by atoms with Crippen LogP contribution >= 0.6 is 11.3 Å². The maximum Gasteiger partial charge on any atom is 0.407 e. The lowest BCUT2D eigenvalue weighted by Crippen LogP contribution is -2.41. The summed E-state index contributed by atoms with van der Waals surface area (Å²) >= 11 is 1.34. The van der Waals surface area contributed by atoms with Gasteiger partial charge in [0.05, 0.1) is 18.7 Å². The Morgan fingerprint density at radius 3 is 2.46 bits per heavy atom. The van der Waals surface area contributed by atoms with E-state index >= 15 is 0 Å². The van der Waals surface area contributed by atoms with E-state index in [2.05, 4.69) is 34.6 Å². The number of benzene rings is 2. The Balaban J connectivity index is 1.13. The summed E-state index contributed by atoms with van der Waals surface area (Å²) in [5, 5.41) is 14.4. The molecule has 0 radical (unpaired) electrons. The van der Waals surface area contributed by atoms with Crippen molar-refractivity contribution in [1.29, 1.82) is 0 Å². The number of hydrogen-bond donors (Lipinski definition) is 2. The van der Waals surface area contributed by atoms with Crippen molar-refractivity contribution >= 4 is 29.3 Å². The van der Waals surface area contributed by atoms with Gasteiger partial charge in [-0.05, 0) is 35.1 Å². The molecule has 5 rings (SSSR count). The third kappa shape index (κ3) is 4.77. The number of nitrogens with one attached hydrogen (secondary N) is 1. The highest BCUT2D eigenvalue weighted by Gasteiger charge is 2.34. The lowest BCUT2D eigenvalue weighted by molar-refractivity contribution is -0.148. The maximum atomic E-state index is 12.5. The van der Waals surface area contributed by atoms with E-state index in [4.69, 9.17) is 4.74 Å². The zero-order valence-electron chi connectivity index (χ0n) is 19.0. The van der Waals surface area contributed by atoms with Crippen LogP contribution in [0.1, 0.15) is 40.6 Å². The van der Waals surface area contributed by atoms with Gasteiger partial charge in [-0.2, -0.15) is 0 Å². The normalized spacial score (nSPS) is 16.6. The highest BCUT2D eigenvalue weighted by Crippen LogP contribution is 2.44. The van der Waals surface area contributed by atoms with Gasteiger partial charge in [0.2, 0.25) is 5.91 Å². The van der Waals surface area contributed by atoms with E-state index in [-0.39, 0.29) is 31.4 Å². The van der Waals surface area contributed by atoms with Gasteiger partial charge < -0.3 is 20.1 Å². The molecular formula is C26H25N3O5S. The highest BCUT2D eigenvalue weighted by atomic mass is 32.1. The molecule has 8 nitrogen and oxygen atoms in total. The molecule has 1 saturated heterocycles. The van der Waals surface area contributed by atoms with Gasteiger partial charge in [-0.1, -0.05) is 48.5 Å². The summed E-state index contributed by atoms with van der Waals surface area (Å²) in [7, 11) is 0. The Morgan fingerprint density at radius 2 is 1.77 bits per heavy atom. The summed E-state index contributed by atoms with van der Waals surface area (Å²) in [5.74, 6) is -1.22. The number of alkyl carbamates (subject to hydrolysis) is 1. The van der Waals surface area contributed by atoms with Crippen molar-refractivity contribution in [2.45, 2.75) is 37.8 Å². The molecule has 1 aliphatic carbocycles. The van der Waals surface area contributed by atoms with E-state index in [1.54, 1.807) is 5.38 Å². The smallest absolute Gasteiger partial charge is 0.407 e. The van der Waals surface area contributed by atoms with Crippen molar-refractivity contribution < 1.29 is 24.2 Å². The van der Waals surface area contributed by atoms with Crippen molar-refractivity contribution in [2.75, 3.05) is 13.2 Å². The second-order valence-electron chi connectivity index (χ2n) is 8.67. The van der Waals surface area contributed by atoms with Crippen LogP contribution in [0.5, 0.6) is 0 Å². The predicted molar refractivity (Wildman–Crippen MR) is 130 cm³/mol. The molecule has 0 spiro atoms. The summed E-state index contributed by atoms with van der Waals surface area (Å²) in [6.45, 7) is 0.880. The molecule has 2 N–H and O–H groups in total. The van der Waals surface area contributed by atoms with E-state index in [0.29, 0.717) is 30.1 Å². The molecular weight excluding hydrogens is 466 g/mol. The first-order valence-electron chi connectivity index (χ1n) is 11.6. The molecule has 0 bridgehead atoms. The number of hydrogen-bond acceptors (Lipinski definition) is 6. The van der Waals surface area contributed by atoms with Gasteiger partial charge in [-0.3, -0.25) is 4.79 Å². The van der Waals surface area contributed by atoms with Gasteiger partial charge in [0.1, 0.15) is 17.7 Å². The number of carbonyl (C=O) groups excluding carboxylic acids is 2. The molecule has 180 valence electrons. The van der Waals surface area contributed by atoms with Crippen LogP contribution in [-0.4, -0.2) is 52.2 Å². The van der Waals surface area contributed by atoms with Crippen molar-refractivity contribution in [3.63, 3.8) is 0 Å². The molecule has 1 fully saturated rings. The second-order valence-corrected chi connectivity index (χ2v) is 9.61. The summed E-state index contributed by atoms with van der Waals surface area (Å²) < 4.78 is 5.54. The van der Waals surface area contributed by atoms with Crippen LogP contribution in [0, 0.1) is 0 Å². The highest BCUT2D eigenvalue weighted by molar-refractivity contribution is 7.09. The number of aliphatic carboxylic acids is 1. The number of aromatic nitrogens is 1. The lowest BCUT2D eigenvalue weighted by Gasteiger charge is -2.20. The standard InChI is InChI=1S/C26H25N3O5S/c30-24(29-11-5-10-22(29)25(31)32)12-16-15-35-23(28-16)13-27-26(33)34-14-21-19-8-3-1-6-17(19)18-7-2-4-9-20(18)21/h1-4,6-9,15,21-22H,5,10-14H2,(H,27,33)(H,31,32). The first kappa shape index (κ1) is 23.0. The minimum absolute atomic E-state index is 0.00848. The third-order valence-corrected chi connectivity index (χ3v) is 7.42. The molecule has 2 aliphatic rings. The Morgan fingerprint density at radius 1 is 1.09 bits per heavy atom. The summed E-state index contributed by atoms with van der Waals surface area (Å²) in [4.78, 5) is 42.1. The van der Waals surface area contributed by atoms with Crippen molar-refractivity contribution in [2.24, 2.45) is 0 Å². The number of thiazole rings is 1. The quantitative estimate of drug-likeness (QED) is 0.520. The predicted octanol–water partition coefficient (Wildman–Crippen LogP) is 3.80. The van der Waals surface area contributed by atoms with Crippen molar-refractivity contribution in [1.82, 2.24) is 15.2 Å². The topological polar surface area (TPSA) is 109 Å².